The van der Waals surface area contributed by atoms with Gasteiger partial charge in [-0.15, -0.1) is 0 Å². The highest BCUT2D eigenvalue weighted by Gasteiger charge is 2.21. The number of para-hydroxylation sites is 1. The molecule has 0 unspecified atom stereocenters. The van der Waals surface area contributed by atoms with Crippen LogP contribution in [0.2, 0.25) is 0 Å². The zero-order valence-electron chi connectivity index (χ0n) is 11.6. The van der Waals surface area contributed by atoms with Crippen LogP contribution in [-0.2, 0) is 11.2 Å². The van der Waals surface area contributed by atoms with Gasteiger partial charge in [-0.25, -0.2) is 0 Å². The Bertz CT molecular complexity index is 405. The average molecular weight is 328 g/mol. The normalized spacial score (nSPS) is 10.7. The molecule has 0 aliphatic heterocycles. The number of carbonyl (C=O) groups is 1. The molecule has 1 rings (SSSR count). The minimum atomic E-state index is 0.0784. The van der Waals surface area contributed by atoms with Crippen molar-refractivity contribution >= 4 is 21.8 Å². The van der Waals surface area contributed by atoms with Crippen LogP contribution >= 0.6 is 15.9 Å². The molecule has 0 fully saturated rings. The van der Waals surface area contributed by atoms with Gasteiger partial charge >= 0.3 is 0 Å². The molecule has 1 N–H and O–H groups in total. The zero-order valence-corrected chi connectivity index (χ0v) is 13.2. The smallest absolute Gasteiger partial charge is 0.227 e. The Labute approximate surface area is 123 Å². The molecule has 0 spiro atoms. The number of benzene rings is 1. The van der Waals surface area contributed by atoms with Crippen molar-refractivity contribution in [1.82, 2.24) is 4.90 Å². The van der Waals surface area contributed by atoms with E-state index in [1.165, 1.54) is 0 Å². The molecule has 1 aromatic carbocycles. The van der Waals surface area contributed by atoms with Crippen LogP contribution in [0.1, 0.15) is 32.3 Å². The van der Waals surface area contributed by atoms with Crippen LogP contribution in [0, 0.1) is 0 Å². The van der Waals surface area contributed by atoms with E-state index in [0.717, 1.165) is 18.2 Å². The maximum absolute atomic E-state index is 12.4. The molecular formula is C15H22BrNO2. The molecule has 0 aliphatic carbocycles. The van der Waals surface area contributed by atoms with Gasteiger partial charge in [0.1, 0.15) is 5.75 Å². The minimum Gasteiger partial charge on any atom is -0.508 e. The quantitative estimate of drug-likeness (QED) is 0.780. The highest BCUT2D eigenvalue weighted by Crippen LogP contribution is 2.18. The van der Waals surface area contributed by atoms with Gasteiger partial charge in [-0.05, 0) is 18.9 Å². The van der Waals surface area contributed by atoms with Gasteiger partial charge in [-0.2, -0.15) is 0 Å². The van der Waals surface area contributed by atoms with Crippen molar-refractivity contribution in [3.05, 3.63) is 29.8 Å². The number of hydrogen-bond donors (Lipinski definition) is 1. The molecule has 106 valence electrons. The lowest BCUT2D eigenvalue weighted by molar-refractivity contribution is -0.132. The summed E-state index contributed by atoms with van der Waals surface area (Å²) >= 11 is 3.40. The molecule has 0 heterocycles. The van der Waals surface area contributed by atoms with Gasteiger partial charge in [0.25, 0.3) is 0 Å². The van der Waals surface area contributed by atoms with E-state index in [2.05, 4.69) is 29.8 Å². The fraction of sp³-hybridized carbons (Fsp3) is 0.533. The van der Waals surface area contributed by atoms with Gasteiger partial charge in [0.15, 0.2) is 0 Å². The van der Waals surface area contributed by atoms with Crippen LogP contribution in [0.5, 0.6) is 5.75 Å². The van der Waals surface area contributed by atoms with Crippen molar-refractivity contribution in [2.45, 2.75) is 39.2 Å². The molecule has 0 bridgehead atoms. The summed E-state index contributed by atoms with van der Waals surface area (Å²) in [6.07, 6.45) is 2.17. The monoisotopic (exact) mass is 327 g/mol. The van der Waals surface area contributed by atoms with Crippen molar-refractivity contribution in [2.75, 3.05) is 11.9 Å². The lowest BCUT2D eigenvalue weighted by Crippen LogP contribution is -2.41. The lowest BCUT2D eigenvalue weighted by Gasteiger charge is -2.30. The Morgan fingerprint density at radius 1 is 1.32 bits per heavy atom. The van der Waals surface area contributed by atoms with Crippen LogP contribution in [0.3, 0.4) is 0 Å². The van der Waals surface area contributed by atoms with Crippen LogP contribution in [-0.4, -0.2) is 33.8 Å². The Morgan fingerprint density at radius 3 is 2.47 bits per heavy atom. The maximum atomic E-state index is 12.4. The minimum absolute atomic E-state index is 0.0784. The van der Waals surface area contributed by atoms with E-state index < -0.39 is 0 Å². The van der Waals surface area contributed by atoms with E-state index >= 15 is 0 Å². The third-order valence-corrected chi connectivity index (χ3v) is 3.72. The van der Waals surface area contributed by atoms with Crippen molar-refractivity contribution < 1.29 is 9.90 Å². The Kier molecular flexibility index (Phi) is 6.92. The summed E-state index contributed by atoms with van der Waals surface area (Å²) in [5.74, 6) is 0.272. The van der Waals surface area contributed by atoms with E-state index in [1.807, 2.05) is 11.0 Å². The second-order valence-electron chi connectivity index (χ2n) is 4.55. The molecule has 0 aromatic heterocycles. The number of carbonyl (C=O) groups excluding carboxylic acids is 1. The van der Waals surface area contributed by atoms with Crippen LogP contribution in [0.4, 0.5) is 0 Å². The molecule has 3 nitrogen and oxygen atoms in total. The number of hydrogen-bond acceptors (Lipinski definition) is 2. The summed E-state index contributed by atoms with van der Waals surface area (Å²) in [6.45, 7) is 4.91. The Balaban J connectivity index is 2.80. The SMILES string of the molecule is CCC(CC)N(CCBr)C(=O)Cc1ccccc1O. The number of amides is 1. The molecule has 0 saturated carbocycles. The fourth-order valence-electron chi connectivity index (χ4n) is 2.26. The predicted octanol–water partition coefficient (Wildman–Crippen LogP) is 3.35. The van der Waals surface area contributed by atoms with E-state index in [-0.39, 0.29) is 24.1 Å². The standard InChI is InChI=1S/C15H22BrNO2/c1-3-13(4-2)17(10-9-16)15(19)11-12-7-5-6-8-14(12)18/h5-8,13,18H,3-4,9-11H2,1-2H3. The summed E-state index contributed by atoms with van der Waals surface area (Å²) < 4.78 is 0. The first-order valence-corrected chi connectivity index (χ1v) is 7.88. The van der Waals surface area contributed by atoms with Gasteiger partial charge in [0, 0.05) is 23.5 Å². The Hall–Kier alpha value is -1.03. The third kappa shape index (κ3) is 4.53. The summed E-state index contributed by atoms with van der Waals surface area (Å²) in [4.78, 5) is 14.3. The van der Waals surface area contributed by atoms with Crippen molar-refractivity contribution in [2.24, 2.45) is 0 Å². The predicted molar refractivity (Wildman–Crippen MR) is 81.7 cm³/mol. The lowest BCUT2D eigenvalue weighted by atomic mass is 10.1. The van der Waals surface area contributed by atoms with Crippen LogP contribution in [0.15, 0.2) is 24.3 Å². The molecule has 0 aliphatic rings. The topological polar surface area (TPSA) is 40.5 Å². The molecule has 0 atom stereocenters. The summed E-state index contributed by atoms with van der Waals surface area (Å²) in [6, 6.07) is 7.30. The zero-order chi connectivity index (χ0) is 14.3. The van der Waals surface area contributed by atoms with E-state index in [4.69, 9.17) is 0 Å². The number of halogens is 1. The Morgan fingerprint density at radius 2 is 1.95 bits per heavy atom. The number of nitrogens with zero attached hydrogens (tertiary/aromatic N) is 1. The van der Waals surface area contributed by atoms with E-state index in [1.54, 1.807) is 18.2 Å². The van der Waals surface area contributed by atoms with Crippen molar-refractivity contribution in [3.63, 3.8) is 0 Å². The van der Waals surface area contributed by atoms with Crippen LogP contribution < -0.4 is 0 Å². The molecule has 0 saturated heterocycles. The number of aromatic hydroxyl groups is 1. The highest BCUT2D eigenvalue weighted by atomic mass is 79.9. The molecule has 1 amide bonds. The number of rotatable bonds is 7. The summed E-state index contributed by atoms with van der Waals surface area (Å²) in [5, 5.41) is 10.5. The van der Waals surface area contributed by atoms with E-state index in [9.17, 15) is 9.90 Å². The maximum Gasteiger partial charge on any atom is 0.227 e. The number of alkyl halides is 1. The number of phenolic OH excluding ortho intramolecular Hbond substituents is 1. The summed E-state index contributed by atoms with van der Waals surface area (Å²) in [5.41, 5.74) is 0.693. The molecule has 4 heteroatoms. The highest BCUT2D eigenvalue weighted by molar-refractivity contribution is 9.09. The van der Waals surface area contributed by atoms with E-state index in [0.29, 0.717) is 12.1 Å². The molecule has 0 radical (unpaired) electrons. The first-order valence-electron chi connectivity index (χ1n) is 6.76. The van der Waals surface area contributed by atoms with Gasteiger partial charge in [0.2, 0.25) is 5.91 Å². The van der Waals surface area contributed by atoms with Crippen molar-refractivity contribution in [3.8, 4) is 5.75 Å². The second kappa shape index (κ2) is 8.20. The van der Waals surface area contributed by atoms with Gasteiger partial charge in [-0.3, -0.25) is 4.79 Å². The second-order valence-corrected chi connectivity index (χ2v) is 5.34. The van der Waals surface area contributed by atoms with Gasteiger partial charge in [0.05, 0.1) is 6.42 Å². The first-order chi connectivity index (χ1) is 9.13. The number of phenols is 1. The molecule has 1 aromatic rings. The van der Waals surface area contributed by atoms with Gasteiger partial charge in [-0.1, -0.05) is 48.0 Å². The molecule has 19 heavy (non-hydrogen) atoms. The van der Waals surface area contributed by atoms with Gasteiger partial charge < -0.3 is 10.0 Å². The van der Waals surface area contributed by atoms with Crippen LogP contribution in [0.25, 0.3) is 0 Å². The largest absolute Gasteiger partial charge is 0.508 e. The molecular weight excluding hydrogens is 306 g/mol. The van der Waals surface area contributed by atoms with Crippen molar-refractivity contribution in [1.29, 1.82) is 0 Å². The first kappa shape index (κ1) is 16.0. The summed E-state index contributed by atoms with van der Waals surface area (Å²) in [7, 11) is 0. The average Bonchev–Trinajstić information content (AvgIpc) is 2.41. The fourth-order valence-corrected chi connectivity index (χ4v) is 2.64. The third-order valence-electron chi connectivity index (χ3n) is 3.36.